The third-order valence-electron chi connectivity index (χ3n) is 1.34. The van der Waals surface area contributed by atoms with Gasteiger partial charge in [-0.25, -0.2) is 4.98 Å². The zero-order valence-electron chi connectivity index (χ0n) is 5.97. The smallest absolute Gasteiger partial charge is 0.250 e. The highest BCUT2D eigenvalue weighted by atomic mass is 79.9. The largest absolute Gasteiger partial charge is 0.366 e. The van der Waals surface area contributed by atoms with Crippen molar-refractivity contribution in [3.8, 4) is 0 Å². The van der Waals surface area contributed by atoms with Gasteiger partial charge in [-0.3, -0.25) is 4.79 Å². The van der Waals surface area contributed by atoms with Crippen LogP contribution in [0, 0.1) is 6.92 Å². The summed E-state index contributed by atoms with van der Waals surface area (Å²) in [7, 11) is 0. The summed E-state index contributed by atoms with van der Waals surface area (Å²) in [4.78, 5) is 14.6. The molecule has 0 radical (unpaired) electrons. The lowest BCUT2D eigenvalue weighted by molar-refractivity contribution is 0.0999. The number of halogens is 1. The van der Waals surface area contributed by atoms with Crippen molar-refractivity contribution in [3.63, 3.8) is 0 Å². The van der Waals surface area contributed by atoms with E-state index >= 15 is 0 Å². The predicted octanol–water partition coefficient (Wildman–Crippen LogP) is 1.25. The van der Waals surface area contributed by atoms with Gasteiger partial charge >= 0.3 is 0 Å². The number of pyridine rings is 1. The van der Waals surface area contributed by atoms with Gasteiger partial charge in [0.25, 0.3) is 5.91 Å². The molecule has 0 unspecified atom stereocenters. The Balaban J connectivity index is 3.20. The van der Waals surface area contributed by atoms with Crippen molar-refractivity contribution < 1.29 is 4.79 Å². The minimum absolute atomic E-state index is 0.442. The molecule has 0 aliphatic heterocycles. The monoisotopic (exact) mass is 214 g/mol. The average Bonchev–Trinajstić information content (AvgIpc) is 1.85. The zero-order chi connectivity index (χ0) is 8.43. The summed E-state index contributed by atoms with van der Waals surface area (Å²) >= 11 is 3.18. The number of aromatic nitrogens is 1. The van der Waals surface area contributed by atoms with Gasteiger partial charge < -0.3 is 5.73 Å². The molecule has 1 amide bonds. The summed E-state index contributed by atoms with van der Waals surface area (Å²) in [6.07, 6.45) is 1.46. The molecule has 58 valence electrons. The second kappa shape index (κ2) is 3.00. The van der Waals surface area contributed by atoms with Crippen LogP contribution in [-0.2, 0) is 0 Å². The van der Waals surface area contributed by atoms with E-state index in [0.29, 0.717) is 10.2 Å². The van der Waals surface area contributed by atoms with Crippen LogP contribution in [0.3, 0.4) is 0 Å². The Morgan fingerprint density at radius 3 is 2.82 bits per heavy atom. The highest BCUT2D eigenvalue weighted by Gasteiger charge is 2.04. The summed E-state index contributed by atoms with van der Waals surface area (Å²) in [5, 5.41) is 0. The van der Waals surface area contributed by atoms with Crippen molar-refractivity contribution in [1.82, 2.24) is 4.98 Å². The van der Waals surface area contributed by atoms with Crippen LogP contribution >= 0.6 is 15.9 Å². The summed E-state index contributed by atoms with van der Waals surface area (Å²) in [5.74, 6) is -0.442. The summed E-state index contributed by atoms with van der Waals surface area (Å²) in [6.45, 7) is 1.81. The third kappa shape index (κ3) is 1.77. The van der Waals surface area contributed by atoms with Gasteiger partial charge in [-0.1, -0.05) is 0 Å². The summed E-state index contributed by atoms with van der Waals surface area (Å²) < 4.78 is 0.708. The molecule has 0 bridgehead atoms. The molecule has 1 aromatic rings. The molecule has 1 rings (SSSR count). The molecule has 4 heteroatoms. The summed E-state index contributed by atoms with van der Waals surface area (Å²) in [5.41, 5.74) is 6.37. The molecular formula is C7H7BrN2O. The Bertz CT molecular complexity index is 298. The highest BCUT2D eigenvalue weighted by molar-refractivity contribution is 9.10. The Morgan fingerprint density at radius 2 is 2.36 bits per heavy atom. The van der Waals surface area contributed by atoms with Gasteiger partial charge in [-0.05, 0) is 34.5 Å². The minimum Gasteiger partial charge on any atom is -0.366 e. The van der Waals surface area contributed by atoms with E-state index in [4.69, 9.17) is 5.73 Å². The Kier molecular flexibility index (Phi) is 2.24. The predicted molar refractivity (Wildman–Crippen MR) is 45.2 cm³/mol. The number of nitrogens with zero attached hydrogens (tertiary/aromatic N) is 1. The van der Waals surface area contributed by atoms with Crippen LogP contribution in [0.5, 0.6) is 0 Å². The van der Waals surface area contributed by atoms with Crippen molar-refractivity contribution in [2.24, 2.45) is 5.73 Å². The molecular weight excluding hydrogens is 208 g/mol. The maximum absolute atomic E-state index is 10.7. The van der Waals surface area contributed by atoms with E-state index in [1.54, 1.807) is 6.07 Å². The first-order valence-corrected chi connectivity index (χ1v) is 3.82. The van der Waals surface area contributed by atoms with E-state index in [1.165, 1.54) is 6.20 Å². The van der Waals surface area contributed by atoms with Crippen molar-refractivity contribution in [2.45, 2.75) is 6.92 Å². The van der Waals surface area contributed by atoms with Gasteiger partial charge in [0.1, 0.15) is 4.60 Å². The third-order valence-corrected chi connectivity index (χ3v) is 1.78. The second-order valence-corrected chi connectivity index (χ2v) is 3.00. The lowest BCUT2D eigenvalue weighted by Gasteiger charge is -1.99. The number of carbonyl (C=O) groups excluding carboxylic acids is 1. The Morgan fingerprint density at radius 1 is 1.73 bits per heavy atom. The molecule has 0 aliphatic carbocycles. The molecule has 0 saturated heterocycles. The molecule has 1 heterocycles. The van der Waals surface area contributed by atoms with Gasteiger partial charge in [0, 0.05) is 6.20 Å². The van der Waals surface area contributed by atoms with Crippen molar-refractivity contribution in [3.05, 3.63) is 28.0 Å². The van der Waals surface area contributed by atoms with E-state index in [1.807, 2.05) is 6.92 Å². The number of aryl methyl sites for hydroxylation is 1. The van der Waals surface area contributed by atoms with Crippen LogP contribution < -0.4 is 5.73 Å². The Hall–Kier alpha value is -0.900. The van der Waals surface area contributed by atoms with Crippen molar-refractivity contribution in [2.75, 3.05) is 0 Å². The van der Waals surface area contributed by atoms with E-state index in [-0.39, 0.29) is 0 Å². The number of hydrogen-bond acceptors (Lipinski definition) is 2. The summed E-state index contributed by atoms with van der Waals surface area (Å²) in [6, 6.07) is 1.75. The molecule has 0 atom stereocenters. The zero-order valence-corrected chi connectivity index (χ0v) is 7.55. The van der Waals surface area contributed by atoms with E-state index in [9.17, 15) is 4.79 Å². The maximum Gasteiger partial charge on any atom is 0.250 e. The standard InChI is InChI=1S/C7H7BrN2O/c1-4-2-6(8)10-3-5(4)7(9)11/h2-3H,1H3,(H2,9,11). The number of nitrogens with two attached hydrogens (primary N) is 1. The van der Waals surface area contributed by atoms with Crippen LogP contribution in [0.2, 0.25) is 0 Å². The molecule has 0 fully saturated rings. The van der Waals surface area contributed by atoms with Gasteiger partial charge in [0.2, 0.25) is 0 Å². The van der Waals surface area contributed by atoms with E-state index in [0.717, 1.165) is 5.56 Å². The number of primary amides is 1. The topological polar surface area (TPSA) is 56.0 Å². The van der Waals surface area contributed by atoms with Gasteiger partial charge in [-0.15, -0.1) is 0 Å². The fourth-order valence-electron chi connectivity index (χ4n) is 0.780. The molecule has 1 aromatic heterocycles. The fourth-order valence-corrected chi connectivity index (χ4v) is 1.23. The van der Waals surface area contributed by atoms with Gasteiger partial charge in [-0.2, -0.15) is 0 Å². The molecule has 0 saturated carbocycles. The van der Waals surface area contributed by atoms with Crippen LogP contribution in [0.1, 0.15) is 15.9 Å². The van der Waals surface area contributed by atoms with Gasteiger partial charge in [0.05, 0.1) is 5.56 Å². The van der Waals surface area contributed by atoms with Crippen LogP contribution in [0.4, 0.5) is 0 Å². The highest BCUT2D eigenvalue weighted by Crippen LogP contribution is 2.11. The molecule has 0 spiro atoms. The second-order valence-electron chi connectivity index (χ2n) is 2.19. The fraction of sp³-hybridized carbons (Fsp3) is 0.143. The number of carbonyl (C=O) groups is 1. The van der Waals surface area contributed by atoms with Crippen LogP contribution in [0.25, 0.3) is 0 Å². The molecule has 0 aliphatic rings. The average molecular weight is 215 g/mol. The number of hydrogen-bond donors (Lipinski definition) is 1. The van der Waals surface area contributed by atoms with E-state index < -0.39 is 5.91 Å². The number of amides is 1. The van der Waals surface area contributed by atoms with Gasteiger partial charge in [0.15, 0.2) is 0 Å². The SMILES string of the molecule is Cc1cc(Br)ncc1C(N)=O. The quantitative estimate of drug-likeness (QED) is 0.716. The normalized spacial score (nSPS) is 9.64. The number of rotatable bonds is 1. The van der Waals surface area contributed by atoms with Crippen molar-refractivity contribution in [1.29, 1.82) is 0 Å². The first-order chi connectivity index (χ1) is 5.11. The van der Waals surface area contributed by atoms with E-state index in [2.05, 4.69) is 20.9 Å². The molecule has 2 N–H and O–H groups in total. The lowest BCUT2D eigenvalue weighted by atomic mass is 10.1. The molecule has 0 aromatic carbocycles. The molecule has 11 heavy (non-hydrogen) atoms. The first-order valence-electron chi connectivity index (χ1n) is 3.03. The van der Waals surface area contributed by atoms with Crippen LogP contribution in [0.15, 0.2) is 16.9 Å². The van der Waals surface area contributed by atoms with Crippen molar-refractivity contribution >= 4 is 21.8 Å². The molecule has 3 nitrogen and oxygen atoms in total. The first kappa shape index (κ1) is 8.20. The van der Waals surface area contributed by atoms with Crippen LogP contribution in [-0.4, -0.2) is 10.9 Å². The lowest BCUT2D eigenvalue weighted by Crippen LogP contribution is -2.12. The minimum atomic E-state index is -0.442. The maximum atomic E-state index is 10.7. The Labute approximate surface area is 72.7 Å².